The van der Waals surface area contributed by atoms with Crippen LogP contribution in [0.4, 0.5) is 5.69 Å². The number of sulfonamides is 1. The standard InChI is InChI=1S/C12H17N3O3S/c1-8-6-7-14-11(8)12(16)15-9-2-4-10(5-3-9)19(13,17)18/h2-5,8,11,14H,6-7H2,1H3,(H,15,16)(H2,13,17,18). The lowest BCUT2D eigenvalue weighted by Gasteiger charge is -2.15. The zero-order chi connectivity index (χ0) is 14.0. The lowest BCUT2D eigenvalue weighted by Crippen LogP contribution is -2.39. The van der Waals surface area contributed by atoms with Gasteiger partial charge in [0.1, 0.15) is 0 Å². The summed E-state index contributed by atoms with van der Waals surface area (Å²) in [5, 5.41) is 10.9. The number of nitrogens with one attached hydrogen (secondary N) is 2. The van der Waals surface area contributed by atoms with E-state index in [1.165, 1.54) is 24.3 Å². The van der Waals surface area contributed by atoms with Gasteiger partial charge in [-0.05, 0) is 43.1 Å². The number of rotatable bonds is 3. The summed E-state index contributed by atoms with van der Waals surface area (Å²) in [5.74, 6) is 0.192. The lowest BCUT2D eigenvalue weighted by atomic mass is 10.0. The van der Waals surface area contributed by atoms with Gasteiger partial charge < -0.3 is 10.6 Å². The van der Waals surface area contributed by atoms with Crippen molar-refractivity contribution in [3.05, 3.63) is 24.3 Å². The number of carbonyl (C=O) groups is 1. The van der Waals surface area contributed by atoms with E-state index in [-0.39, 0.29) is 16.8 Å². The predicted octanol–water partition coefficient (Wildman–Crippen LogP) is 0.271. The molecule has 1 aliphatic rings. The Morgan fingerprint density at radius 3 is 2.47 bits per heavy atom. The molecular formula is C12H17N3O3S. The first kappa shape index (κ1) is 14.0. The molecular weight excluding hydrogens is 266 g/mol. The summed E-state index contributed by atoms with van der Waals surface area (Å²) in [6, 6.07) is 5.60. The van der Waals surface area contributed by atoms with E-state index < -0.39 is 10.0 Å². The topological polar surface area (TPSA) is 101 Å². The number of nitrogens with two attached hydrogens (primary N) is 1. The van der Waals surface area contributed by atoms with Gasteiger partial charge in [0.2, 0.25) is 15.9 Å². The Balaban J connectivity index is 2.06. The Hall–Kier alpha value is -1.44. The van der Waals surface area contributed by atoms with E-state index in [4.69, 9.17) is 5.14 Å². The molecule has 4 N–H and O–H groups in total. The molecule has 19 heavy (non-hydrogen) atoms. The fourth-order valence-electron chi connectivity index (χ4n) is 2.13. The van der Waals surface area contributed by atoms with Gasteiger partial charge in [-0.2, -0.15) is 0 Å². The maximum Gasteiger partial charge on any atom is 0.241 e. The molecule has 7 heteroatoms. The van der Waals surface area contributed by atoms with Gasteiger partial charge in [0.15, 0.2) is 0 Å². The molecule has 0 bridgehead atoms. The Kier molecular flexibility index (Phi) is 3.88. The molecule has 0 aromatic heterocycles. The fraction of sp³-hybridized carbons (Fsp3) is 0.417. The van der Waals surface area contributed by atoms with E-state index >= 15 is 0 Å². The maximum absolute atomic E-state index is 12.0. The second-order valence-electron chi connectivity index (χ2n) is 4.76. The van der Waals surface area contributed by atoms with E-state index in [0.717, 1.165) is 13.0 Å². The van der Waals surface area contributed by atoms with Crippen molar-refractivity contribution in [2.75, 3.05) is 11.9 Å². The average Bonchev–Trinajstić information content (AvgIpc) is 2.75. The normalized spacial score (nSPS) is 23.3. The Morgan fingerprint density at radius 1 is 1.37 bits per heavy atom. The third-order valence-corrected chi connectivity index (χ3v) is 4.20. The molecule has 1 saturated heterocycles. The largest absolute Gasteiger partial charge is 0.325 e. The molecule has 1 heterocycles. The first-order valence-corrected chi connectivity index (χ1v) is 7.59. The van der Waals surface area contributed by atoms with Gasteiger partial charge in [-0.15, -0.1) is 0 Å². The average molecular weight is 283 g/mol. The Bertz CT molecular complexity index is 568. The minimum Gasteiger partial charge on any atom is -0.325 e. The minimum absolute atomic E-state index is 0.0258. The van der Waals surface area contributed by atoms with Gasteiger partial charge in [0, 0.05) is 5.69 Å². The molecule has 0 saturated carbocycles. The van der Waals surface area contributed by atoms with Crippen molar-refractivity contribution in [3.8, 4) is 0 Å². The van der Waals surface area contributed by atoms with Crippen molar-refractivity contribution in [1.82, 2.24) is 5.32 Å². The summed E-state index contributed by atoms with van der Waals surface area (Å²) in [6.45, 7) is 2.86. The summed E-state index contributed by atoms with van der Waals surface area (Å²) >= 11 is 0. The quantitative estimate of drug-likeness (QED) is 0.741. The highest BCUT2D eigenvalue weighted by atomic mass is 32.2. The molecule has 0 radical (unpaired) electrons. The molecule has 6 nitrogen and oxygen atoms in total. The molecule has 0 aliphatic carbocycles. The van der Waals surface area contributed by atoms with E-state index in [9.17, 15) is 13.2 Å². The van der Waals surface area contributed by atoms with Gasteiger partial charge in [-0.1, -0.05) is 6.92 Å². The molecule has 104 valence electrons. The fourth-order valence-corrected chi connectivity index (χ4v) is 2.65. The van der Waals surface area contributed by atoms with Crippen molar-refractivity contribution in [1.29, 1.82) is 0 Å². The van der Waals surface area contributed by atoms with E-state index in [1.807, 2.05) is 6.92 Å². The molecule has 2 unspecified atom stereocenters. The van der Waals surface area contributed by atoms with Crippen LogP contribution in [0.25, 0.3) is 0 Å². The number of primary sulfonamides is 1. The van der Waals surface area contributed by atoms with Crippen LogP contribution < -0.4 is 15.8 Å². The summed E-state index contributed by atoms with van der Waals surface area (Å²) < 4.78 is 22.2. The van der Waals surface area contributed by atoms with Crippen molar-refractivity contribution in [2.24, 2.45) is 11.1 Å². The molecule has 0 spiro atoms. The highest BCUT2D eigenvalue weighted by Crippen LogP contribution is 2.17. The number of hydrogen-bond acceptors (Lipinski definition) is 4. The van der Waals surface area contributed by atoms with Gasteiger partial charge >= 0.3 is 0 Å². The van der Waals surface area contributed by atoms with Crippen molar-refractivity contribution in [2.45, 2.75) is 24.3 Å². The third kappa shape index (κ3) is 3.31. The van der Waals surface area contributed by atoms with Crippen molar-refractivity contribution in [3.63, 3.8) is 0 Å². The molecule has 1 aromatic carbocycles. The van der Waals surface area contributed by atoms with Crippen molar-refractivity contribution >= 4 is 21.6 Å². The molecule has 1 amide bonds. The van der Waals surface area contributed by atoms with Crippen LogP contribution in [-0.2, 0) is 14.8 Å². The molecule has 1 aliphatic heterocycles. The second kappa shape index (κ2) is 5.28. The zero-order valence-electron chi connectivity index (χ0n) is 10.6. The van der Waals surface area contributed by atoms with Crippen LogP contribution in [0, 0.1) is 5.92 Å². The number of anilines is 1. The summed E-state index contributed by atoms with van der Waals surface area (Å²) in [7, 11) is -3.70. The number of hydrogen-bond donors (Lipinski definition) is 3. The molecule has 1 fully saturated rings. The molecule has 2 rings (SSSR count). The van der Waals surface area contributed by atoms with Crippen LogP contribution >= 0.6 is 0 Å². The SMILES string of the molecule is CC1CCNC1C(=O)Nc1ccc(S(N)(=O)=O)cc1. The molecule has 1 aromatic rings. The maximum atomic E-state index is 12.0. The Labute approximate surface area is 112 Å². The van der Waals surface area contributed by atoms with Crippen LogP contribution in [0.5, 0.6) is 0 Å². The van der Waals surface area contributed by atoms with Crippen LogP contribution in [-0.4, -0.2) is 26.9 Å². The number of carbonyl (C=O) groups excluding carboxylic acids is 1. The van der Waals surface area contributed by atoms with Crippen LogP contribution in [0.2, 0.25) is 0 Å². The molecule has 2 atom stereocenters. The van der Waals surface area contributed by atoms with Gasteiger partial charge in [0.25, 0.3) is 0 Å². The third-order valence-electron chi connectivity index (χ3n) is 3.27. The van der Waals surface area contributed by atoms with Gasteiger partial charge in [-0.3, -0.25) is 4.79 Å². The van der Waals surface area contributed by atoms with Crippen LogP contribution in [0.15, 0.2) is 29.2 Å². The zero-order valence-corrected chi connectivity index (χ0v) is 11.4. The van der Waals surface area contributed by atoms with Gasteiger partial charge in [0.05, 0.1) is 10.9 Å². The number of amides is 1. The summed E-state index contributed by atoms with van der Waals surface area (Å²) in [4.78, 5) is 12.0. The predicted molar refractivity (Wildman–Crippen MR) is 72.0 cm³/mol. The summed E-state index contributed by atoms with van der Waals surface area (Å²) in [6.07, 6.45) is 0.975. The van der Waals surface area contributed by atoms with E-state index in [2.05, 4.69) is 10.6 Å². The first-order chi connectivity index (χ1) is 8.88. The van der Waals surface area contributed by atoms with E-state index in [1.54, 1.807) is 0 Å². The highest BCUT2D eigenvalue weighted by Gasteiger charge is 2.29. The smallest absolute Gasteiger partial charge is 0.241 e. The first-order valence-electron chi connectivity index (χ1n) is 6.05. The van der Waals surface area contributed by atoms with Crippen LogP contribution in [0.1, 0.15) is 13.3 Å². The monoisotopic (exact) mass is 283 g/mol. The number of benzene rings is 1. The summed E-state index contributed by atoms with van der Waals surface area (Å²) in [5.41, 5.74) is 0.554. The van der Waals surface area contributed by atoms with E-state index in [0.29, 0.717) is 11.6 Å². The van der Waals surface area contributed by atoms with Crippen LogP contribution in [0.3, 0.4) is 0 Å². The van der Waals surface area contributed by atoms with Gasteiger partial charge in [-0.25, -0.2) is 13.6 Å². The minimum atomic E-state index is -3.70. The second-order valence-corrected chi connectivity index (χ2v) is 6.32. The Morgan fingerprint density at radius 2 is 2.00 bits per heavy atom. The highest BCUT2D eigenvalue weighted by molar-refractivity contribution is 7.89. The van der Waals surface area contributed by atoms with Crippen molar-refractivity contribution < 1.29 is 13.2 Å². The lowest BCUT2D eigenvalue weighted by molar-refractivity contribution is -0.118.